The number of amides is 1. The smallest absolute Gasteiger partial charge is 0.233 e. The highest BCUT2D eigenvalue weighted by Gasteiger charge is 2.27. The fourth-order valence-electron chi connectivity index (χ4n) is 2.28. The van der Waals surface area contributed by atoms with Crippen molar-refractivity contribution in [2.75, 3.05) is 17.2 Å². The van der Waals surface area contributed by atoms with Crippen LogP contribution in [0.3, 0.4) is 0 Å². The molecule has 2 aromatic rings. The number of hydrogen-bond donors (Lipinski definition) is 2. The topological polar surface area (TPSA) is 41.1 Å². The molecule has 96 valence electrons. The molecule has 0 bridgehead atoms. The molecule has 3 rings (SSSR count). The number of carbonyl (C=O) groups excluding carboxylic acids is 1. The molecule has 2 N–H and O–H groups in total. The number of carbonyl (C=O) groups is 1. The van der Waals surface area contributed by atoms with E-state index in [-0.39, 0.29) is 11.8 Å². The van der Waals surface area contributed by atoms with E-state index in [4.69, 9.17) is 0 Å². The molecule has 1 unspecified atom stereocenters. The van der Waals surface area contributed by atoms with Gasteiger partial charge in [-0.15, -0.1) is 0 Å². The second-order valence-corrected chi connectivity index (χ2v) is 5.43. The Bertz CT molecular complexity index is 610. The lowest BCUT2D eigenvalue weighted by Crippen LogP contribution is -2.22. The van der Waals surface area contributed by atoms with E-state index in [9.17, 15) is 4.79 Å². The van der Waals surface area contributed by atoms with E-state index in [1.54, 1.807) is 0 Å². The predicted octanol–water partition coefficient (Wildman–Crippen LogP) is 3.60. The van der Waals surface area contributed by atoms with Crippen molar-refractivity contribution in [2.24, 2.45) is 0 Å². The summed E-state index contributed by atoms with van der Waals surface area (Å²) >= 11 is 3.38. The monoisotopic (exact) mass is 316 g/mol. The Morgan fingerprint density at radius 2 is 1.89 bits per heavy atom. The van der Waals surface area contributed by atoms with Crippen LogP contribution < -0.4 is 10.6 Å². The van der Waals surface area contributed by atoms with Gasteiger partial charge < -0.3 is 10.6 Å². The van der Waals surface area contributed by atoms with Gasteiger partial charge in [-0.25, -0.2) is 0 Å². The molecule has 1 heterocycles. The van der Waals surface area contributed by atoms with Gasteiger partial charge in [-0.05, 0) is 35.9 Å². The van der Waals surface area contributed by atoms with Crippen molar-refractivity contribution >= 4 is 33.2 Å². The molecular formula is C15H13BrN2O. The molecule has 1 aliphatic rings. The second kappa shape index (κ2) is 5.05. The summed E-state index contributed by atoms with van der Waals surface area (Å²) in [5.74, 6) is -0.0976. The summed E-state index contributed by atoms with van der Waals surface area (Å²) in [5, 5.41) is 6.21. The van der Waals surface area contributed by atoms with Crippen molar-refractivity contribution in [2.45, 2.75) is 5.92 Å². The van der Waals surface area contributed by atoms with E-state index in [1.165, 1.54) is 0 Å². The van der Waals surface area contributed by atoms with Crippen LogP contribution in [0.5, 0.6) is 0 Å². The van der Waals surface area contributed by atoms with Gasteiger partial charge in [-0.3, -0.25) is 4.79 Å². The summed E-state index contributed by atoms with van der Waals surface area (Å²) in [4.78, 5) is 12.3. The minimum atomic E-state index is -0.125. The molecule has 3 nitrogen and oxygen atoms in total. The number of fused-ring (bicyclic) bond motifs is 1. The van der Waals surface area contributed by atoms with Gasteiger partial charge in [0.05, 0.1) is 5.92 Å². The Morgan fingerprint density at radius 3 is 2.68 bits per heavy atom. The molecule has 4 heteroatoms. The number of anilines is 2. The van der Waals surface area contributed by atoms with Crippen molar-refractivity contribution in [1.29, 1.82) is 0 Å². The number of hydrogen-bond acceptors (Lipinski definition) is 2. The van der Waals surface area contributed by atoms with Crippen molar-refractivity contribution in [3.8, 4) is 0 Å². The van der Waals surface area contributed by atoms with Crippen LogP contribution in [0.25, 0.3) is 0 Å². The molecule has 1 aliphatic heterocycles. The van der Waals surface area contributed by atoms with Gasteiger partial charge >= 0.3 is 0 Å². The first-order chi connectivity index (χ1) is 9.24. The number of benzene rings is 2. The first-order valence-electron chi connectivity index (χ1n) is 6.13. The standard InChI is InChI=1S/C15H13BrN2O/c16-10-5-7-11(8-6-10)18-15(19)13-9-17-14-4-2-1-3-12(13)14/h1-8,13,17H,9H2,(H,18,19). The molecular weight excluding hydrogens is 304 g/mol. The number of para-hydroxylation sites is 1. The molecule has 0 aliphatic carbocycles. The first-order valence-corrected chi connectivity index (χ1v) is 6.92. The van der Waals surface area contributed by atoms with E-state index in [0.717, 1.165) is 21.4 Å². The molecule has 0 spiro atoms. The predicted molar refractivity (Wildman–Crippen MR) is 80.4 cm³/mol. The maximum atomic E-state index is 12.3. The number of nitrogens with one attached hydrogen (secondary N) is 2. The minimum absolute atomic E-state index is 0.0276. The van der Waals surface area contributed by atoms with Crippen molar-refractivity contribution < 1.29 is 4.79 Å². The van der Waals surface area contributed by atoms with Crippen molar-refractivity contribution in [3.05, 3.63) is 58.6 Å². The molecule has 0 fully saturated rings. The van der Waals surface area contributed by atoms with Crippen molar-refractivity contribution in [3.63, 3.8) is 0 Å². The summed E-state index contributed by atoms with van der Waals surface area (Å²) < 4.78 is 0.998. The van der Waals surface area contributed by atoms with E-state index < -0.39 is 0 Å². The van der Waals surface area contributed by atoms with Crippen LogP contribution in [0.15, 0.2) is 53.0 Å². The zero-order valence-electron chi connectivity index (χ0n) is 10.2. The minimum Gasteiger partial charge on any atom is -0.384 e. The molecule has 1 atom stereocenters. The van der Waals surface area contributed by atoms with Crippen LogP contribution in [0.2, 0.25) is 0 Å². The zero-order valence-corrected chi connectivity index (χ0v) is 11.8. The summed E-state index contributed by atoms with van der Waals surface area (Å²) in [6, 6.07) is 15.5. The third kappa shape index (κ3) is 2.49. The van der Waals surface area contributed by atoms with Crippen LogP contribution >= 0.6 is 15.9 Å². The van der Waals surface area contributed by atoms with Gasteiger partial charge in [-0.2, -0.15) is 0 Å². The maximum Gasteiger partial charge on any atom is 0.233 e. The van der Waals surface area contributed by atoms with Crippen LogP contribution in [-0.4, -0.2) is 12.5 Å². The summed E-state index contributed by atoms with van der Waals surface area (Å²) in [7, 11) is 0. The molecule has 0 saturated carbocycles. The van der Waals surface area contributed by atoms with Gasteiger partial charge in [0, 0.05) is 22.4 Å². The van der Waals surface area contributed by atoms with Crippen molar-refractivity contribution in [1.82, 2.24) is 0 Å². The Balaban J connectivity index is 1.77. The Labute approximate surface area is 120 Å². The Morgan fingerprint density at radius 1 is 1.16 bits per heavy atom. The Kier molecular flexibility index (Phi) is 3.25. The molecule has 0 saturated heterocycles. The lowest BCUT2D eigenvalue weighted by Gasteiger charge is -2.11. The van der Waals surface area contributed by atoms with E-state index >= 15 is 0 Å². The van der Waals surface area contributed by atoms with E-state index in [2.05, 4.69) is 26.6 Å². The van der Waals surface area contributed by atoms with Crippen LogP contribution in [0.4, 0.5) is 11.4 Å². The molecule has 0 aromatic heterocycles. The zero-order chi connectivity index (χ0) is 13.2. The Hall–Kier alpha value is -1.81. The van der Waals surface area contributed by atoms with Gasteiger partial charge in [0.2, 0.25) is 5.91 Å². The lowest BCUT2D eigenvalue weighted by atomic mass is 10.0. The quantitative estimate of drug-likeness (QED) is 0.888. The van der Waals surface area contributed by atoms with Crippen LogP contribution in [-0.2, 0) is 4.79 Å². The average molecular weight is 317 g/mol. The van der Waals surface area contributed by atoms with E-state index in [1.807, 2.05) is 48.5 Å². The van der Waals surface area contributed by atoms with Crippen LogP contribution in [0.1, 0.15) is 11.5 Å². The van der Waals surface area contributed by atoms with Gasteiger partial charge in [0.15, 0.2) is 0 Å². The third-order valence-corrected chi connectivity index (χ3v) is 3.79. The van der Waals surface area contributed by atoms with Gasteiger partial charge in [0.25, 0.3) is 0 Å². The normalized spacial score (nSPS) is 16.6. The SMILES string of the molecule is O=C(Nc1ccc(Br)cc1)C1CNc2ccccc21. The molecule has 2 aromatic carbocycles. The summed E-state index contributed by atoms with van der Waals surface area (Å²) in [6.45, 7) is 0.654. The fraction of sp³-hybridized carbons (Fsp3) is 0.133. The third-order valence-electron chi connectivity index (χ3n) is 3.26. The van der Waals surface area contributed by atoms with Gasteiger partial charge in [0.1, 0.15) is 0 Å². The largest absolute Gasteiger partial charge is 0.384 e. The van der Waals surface area contributed by atoms with Gasteiger partial charge in [-0.1, -0.05) is 34.1 Å². The fourth-order valence-corrected chi connectivity index (χ4v) is 2.54. The first kappa shape index (κ1) is 12.2. The molecule has 1 amide bonds. The maximum absolute atomic E-state index is 12.3. The number of halogens is 1. The number of rotatable bonds is 2. The highest BCUT2D eigenvalue weighted by atomic mass is 79.9. The van der Waals surface area contributed by atoms with E-state index in [0.29, 0.717) is 6.54 Å². The summed E-state index contributed by atoms with van der Waals surface area (Å²) in [6.07, 6.45) is 0. The average Bonchev–Trinajstić information content (AvgIpc) is 2.85. The lowest BCUT2D eigenvalue weighted by molar-refractivity contribution is -0.117. The van der Waals surface area contributed by atoms with Crippen LogP contribution in [0, 0.1) is 0 Å². The highest BCUT2D eigenvalue weighted by molar-refractivity contribution is 9.10. The second-order valence-electron chi connectivity index (χ2n) is 4.52. The highest BCUT2D eigenvalue weighted by Crippen LogP contribution is 2.31. The molecule has 0 radical (unpaired) electrons. The summed E-state index contributed by atoms with van der Waals surface area (Å²) in [5.41, 5.74) is 2.94. The molecule has 19 heavy (non-hydrogen) atoms.